The molecule has 2 aliphatic rings. The number of hydrogen-bond acceptors (Lipinski definition) is 18. The van der Waals surface area contributed by atoms with Gasteiger partial charge in [-0.1, -0.05) is 78.3 Å². The third kappa shape index (κ3) is 27.3. The van der Waals surface area contributed by atoms with Crippen LogP contribution in [0.25, 0.3) is 0 Å². The summed E-state index contributed by atoms with van der Waals surface area (Å²) < 4.78 is 0. The summed E-state index contributed by atoms with van der Waals surface area (Å²) in [5.41, 5.74) is 0.538. The number of thioether (sulfide) groups is 1. The molecule has 33 nitrogen and oxygen atoms in total. The van der Waals surface area contributed by atoms with Crippen LogP contribution >= 0.6 is 11.8 Å². The molecule has 18 N–H and O–H groups in total. The number of aliphatic carboxylic acids is 3. The summed E-state index contributed by atoms with van der Waals surface area (Å²) in [4.78, 5) is 201. The van der Waals surface area contributed by atoms with Crippen molar-refractivity contribution in [2.45, 2.75) is 198 Å². The van der Waals surface area contributed by atoms with E-state index in [1.165, 1.54) is 23.6 Å². The van der Waals surface area contributed by atoms with Crippen molar-refractivity contribution in [3.8, 4) is 0 Å². The van der Waals surface area contributed by atoms with Crippen molar-refractivity contribution in [1.29, 1.82) is 0 Å². The number of carboxylic acid groups (broad SMARTS) is 3. The molecule has 13 atom stereocenters. The molecular weight excluding hydrogens is 1280 g/mol. The Labute approximate surface area is 561 Å². The van der Waals surface area contributed by atoms with Crippen molar-refractivity contribution < 1.29 is 103 Å². The van der Waals surface area contributed by atoms with E-state index in [1.54, 1.807) is 78.1 Å². The van der Waals surface area contributed by atoms with Crippen LogP contribution in [-0.4, -0.2) is 237 Å². The first kappa shape index (κ1) is 81.7. The largest absolute Gasteiger partial charge is 0.481 e. The highest BCUT2D eigenvalue weighted by Crippen LogP contribution is 2.23. The van der Waals surface area contributed by atoms with Crippen molar-refractivity contribution in [1.82, 2.24) is 63.4 Å². The van der Waals surface area contributed by atoms with Gasteiger partial charge in [0.1, 0.15) is 73.0 Å². The minimum Gasteiger partial charge on any atom is -0.481 e. The van der Waals surface area contributed by atoms with Gasteiger partial charge < -0.3 is 94.2 Å². The van der Waals surface area contributed by atoms with E-state index in [0.29, 0.717) is 37.1 Å². The number of amides is 12. The molecule has 1 aromatic rings. The standard InChI is InChI=1S/C62H97N13O20S/c1-9-34(6)50(74-61(94)49(33(4)5)73-55(88)39(20-22-47(80)81)67-53(86)37-17-13-24-63-37)62(95)75-25-14-18-45(75)60(93)68-40(23-26-96-8)54(87)70-42(28-36-15-11-10-12-16-36)57(90)71-43(30-76)58(91)65-35(7)51(84)69-41(27-32(2)3)56(89)72-44(31-77)59(92)66-38(19-21-46(78)79)52(85)64-29-48(82)83/h10-12,15-16,32-35,37-45,49-50,63,76-77H,9,13-14,17-31H2,1-8H3,(H,64,85)(H,65,91)(H,66,92)(H,67,86)(H,68,93)(H,69,84)(H,70,87)(H,71,90)(H,72,89)(H,73,88)(H,74,94)(H,78,79)(H,80,81)(H,82,83)/p+1/t34-,35-,37-,38-,39-,40-,41-,42-,43-,44-,45-,49-,50-/m0/s1. The van der Waals surface area contributed by atoms with Crippen molar-refractivity contribution in [3.05, 3.63) is 35.9 Å². The lowest BCUT2D eigenvalue weighted by atomic mass is 9.95. The second-order valence-electron chi connectivity index (χ2n) is 24.7. The number of hydrogen-bond donors (Lipinski definition) is 17. The zero-order chi connectivity index (χ0) is 71.9. The maximum atomic E-state index is 14.7. The molecule has 34 heteroatoms. The highest BCUT2D eigenvalue weighted by atomic mass is 32.2. The van der Waals surface area contributed by atoms with Gasteiger partial charge in [0.15, 0.2) is 6.04 Å². The Morgan fingerprint density at radius 3 is 1.57 bits per heavy atom. The lowest BCUT2D eigenvalue weighted by Crippen LogP contribution is -2.89. The number of carboxylic acids is 3. The molecule has 536 valence electrons. The number of nitrogens with two attached hydrogens (primary N) is 1. The van der Waals surface area contributed by atoms with Crippen LogP contribution in [0.15, 0.2) is 30.3 Å². The van der Waals surface area contributed by atoms with E-state index in [4.69, 9.17) is 10.2 Å². The number of quaternary nitrogens is 1. The third-order valence-electron chi connectivity index (χ3n) is 16.2. The fraction of sp³-hybridized carbons (Fsp3) is 0.661. The second-order valence-corrected chi connectivity index (χ2v) is 25.7. The molecule has 0 aromatic heterocycles. The monoisotopic (exact) mass is 1380 g/mol. The Morgan fingerprint density at radius 2 is 1.04 bits per heavy atom. The number of nitrogens with one attached hydrogen (secondary N) is 11. The van der Waals surface area contributed by atoms with E-state index < -0.39 is 212 Å². The normalized spacial score (nSPS) is 17.8. The van der Waals surface area contributed by atoms with Crippen LogP contribution in [0.2, 0.25) is 0 Å². The van der Waals surface area contributed by atoms with Gasteiger partial charge in [0.05, 0.1) is 19.8 Å². The van der Waals surface area contributed by atoms with Gasteiger partial charge in [-0.3, -0.25) is 71.9 Å². The quantitative estimate of drug-likeness (QED) is 0.0292. The van der Waals surface area contributed by atoms with Gasteiger partial charge >= 0.3 is 17.9 Å². The summed E-state index contributed by atoms with van der Waals surface area (Å²) in [5.74, 6) is -15.5. The van der Waals surface area contributed by atoms with Gasteiger partial charge in [0.25, 0.3) is 5.91 Å². The van der Waals surface area contributed by atoms with Crippen LogP contribution in [0, 0.1) is 17.8 Å². The molecule has 2 fully saturated rings. The van der Waals surface area contributed by atoms with Crippen molar-refractivity contribution in [2.75, 3.05) is 44.9 Å². The summed E-state index contributed by atoms with van der Waals surface area (Å²) in [6.07, 6.45) is 1.96. The van der Waals surface area contributed by atoms with E-state index in [-0.39, 0.29) is 44.6 Å². The molecule has 0 radical (unpaired) electrons. The smallest absolute Gasteiger partial charge is 0.322 e. The van der Waals surface area contributed by atoms with Gasteiger partial charge in [-0.15, -0.1) is 0 Å². The zero-order valence-corrected chi connectivity index (χ0v) is 56.4. The lowest BCUT2D eigenvalue weighted by molar-refractivity contribution is -0.657. The van der Waals surface area contributed by atoms with Gasteiger partial charge in [-0.25, -0.2) is 0 Å². The fourth-order valence-electron chi connectivity index (χ4n) is 10.5. The second kappa shape index (κ2) is 41.5. The molecule has 96 heavy (non-hydrogen) atoms. The number of rotatable bonds is 42. The van der Waals surface area contributed by atoms with Crippen LogP contribution in [0.4, 0.5) is 0 Å². The molecule has 2 saturated heterocycles. The number of likely N-dealkylation sites (tertiary alicyclic amines) is 1. The Balaban J connectivity index is 1.80. The highest BCUT2D eigenvalue weighted by Gasteiger charge is 2.43. The minimum absolute atomic E-state index is 0.0275. The molecule has 0 saturated carbocycles. The van der Waals surface area contributed by atoms with Gasteiger partial charge in [-0.05, 0) is 80.8 Å². The van der Waals surface area contributed by atoms with Crippen LogP contribution in [0.1, 0.15) is 125 Å². The number of nitrogens with zero attached hydrogens (tertiary/aromatic N) is 1. The number of aliphatic hydroxyl groups is 2. The van der Waals surface area contributed by atoms with E-state index in [0.717, 1.165) is 6.42 Å². The number of aliphatic hydroxyl groups excluding tert-OH is 2. The van der Waals surface area contributed by atoms with E-state index in [2.05, 4.69) is 53.2 Å². The highest BCUT2D eigenvalue weighted by molar-refractivity contribution is 7.98. The first-order valence-corrected chi connectivity index (χ1v) is 33.6. The SMILES string of the molecule is CC[C@H](C)[C@H](NC(=O)[C@@H](NC(=O)[C@H](CCC(=O)O)NC(=O)[C@@H]1CCC[NH2+]1)C(C)C)C(=O)N1CCC[C@H]1C(=O)N[C@@H](CCSC)C(=O)N[C@@H](Cc1ccccc1)C(=O)N[C@@H](CO)C(=O)N[C@@H](C)C(=O)N[C@@H](CC(C)C)C(=O)N[C@@H](CO)C(=O)N[C@@H](CCC(=O)O)C(=O)NCC(=O)O. The predicted molar refractivity (Wildman–Crippen MR) is 345 cm³/mol. The Morgan fingerprint density at radius 1 is 0.542 bits per heavy atom. The molecule has 0 bridgehead atoms. The molecule has 2 heterocycles. The topological polar surface area (TPSA) is 509 Å². The molecule has 3 rings (SSSR count). The summed E-state index contributed by atoms with van der Waals surface area (Å²) in [5, 5.41) is 77.2. The first-order valence-electron chi connectivity index (χ1n) is 32.2. The van der Waals surface area contributed by atoms with Crippen molar-refractivity contribution in [2.24, 2.45) is 17.8 Å². The molecule has 0 aliphatic carbocycles. The van der Waals surface area contributed by atoms with Crippen molar-refractivity contribution in [3.63, 3.8) is 0 Å². The average molecular weight is 1380 g/mol. The molecule has 12 amide bonds. The van der Waals surface area contributed by atoms with E-state index >= 15 is 0 Å². The molecule has 1 aromatic carbocycles. The zero-order valence-electron chi connectivity index (χ0n) is 55.6. The van der Waals surface area contributed by atoms with E-state index in [9.17, 15) is 87.2 Å². The predicted octanol–water partition coefficient (Wildman–Crippen LogP) is -4.77. The Hall–Kier alpha value is -8.50. The third-order valence-corrected chi connectivity index (χ3v) is 16.9. The van der Waals surface area contributed by atoms with Gasteiger partial charge in [-0.2, -0.15) is 11.8 Å². The van der Waals surface area contributed by atoms with Crippen LogP contribution in [-0.2, 0) is 78.3 Å². The van der Waals surface area contributed by atoms with Crippen LogP contribution in [0.5, 0.6) is 0 Å². The maximum absolute atomic E-state index is 14.7. The molecular formula is C62H98N13O20S+. The number of carbonyl (C=O) groups is 15. The van der Waals surface area contributed by atoms with Crippen LogP contribution < -0.4 is 63.8 Å². The minimum atomic E-state index is -1.77. The lowest BCUT2D eigenvalue weighted by Gasteiger charge is -2.33. The number of carbonyl (C=O) groups excluding carboxylic acids is 12. The Bertz CT molecular complexity index is 2870. The van der Waals surface area contributed by atoms with E-state index in [1.807, 2.05) is 10.6 Å². The summed E-state index contributed by atoms with van der Waals surface area (Å²) >= 11 is 1.35. The number of benzene rings is 1. The van der Waals surface area contributed by atoms with Crippen LogP contribution in [0.3, 0.4) is 0 Å². The maximum Gasteiger partial charge on any atom is 0.322 e. The molecule has 0 spiro atoms. The van der Waals surface area contributed by atoms with Gasteiger partial charge in [0.2, 0.25) is 65.0 Å². The fourth-order valence-corrected chi connectivity index (χ4v) is 11.0. The average Bonchev–Trinajstić information content (AvgIpc) is 1.58. The van der Waals surface area contributed by atoms with Gasteiger partial charge in [0, 0.05) is 38.6 Å². The summed E-state index contributed by atoms with van der Waals surface area (Å²) in [7, 11) is 0. The Kier molecular flexibility index (Phi) is 35.3. The summed E-state index contributed by atoms with van der Waals surface area (Å²) in [6, 6.07) is -7.81. The van der Waals surface area contributed by atoms with Crippen molar-refractivity contribution >= 4 is 101 Å². The molecule has 0 unspecified atom stereocenters. The first-order chi connectivity index (χ1) is 45.3. The summed E-state index contributed by atoms with van der Waals surface area (Å²) in [6.45, 7) is 9.27. The molecule has 2 aliphatic heterocycles.